The van der Waals surface area contributed by atoms with Crippen molar-refractivity contribution in [3.8, 4) is 11.8 Å². The maximum absolute atomic E-state index is 12.1. The first kappa shape index (κ1) is 13.8. The first-order valence-corrected chi connectivity index (χ1v) is 6.13. The highest BCUT2D eigenvalue weighted by atomic mass is 16.5. The number of carbonyl (C=O) groups is 1. The van der Waals surface area contributed by atoms with E-state index in [1.165, 1.54) is 6.20 Å². The lowest BCUT2D eigenvalue weighted by molar-refractivity contribution is 0.102. The maximum atomic E-state index is 12.1. The van der Waals surface area contributed by atoms with E-state index in [-0.39, 0.29) is 12.5 Å². The minimum Gasteiger partial charge on any atom is -0.395 e. The van der Waals surface area contributed by atoms with Crippen LogP contribution in [0, 0.1) is 18.8 Å². The van der Waals surface area contributed by atoms with Gasteiger partial charge >= 0.3 is 0 Å². The van der Waals surface area contributed by atoms with Gasteiger partial charge in [-0.3, -0.25) is 4.79 Å². The number of aliphatic hydroxyl groups is 1. The van der Waals surface area contributed by atoms with Crippen molar-refractivity contribution < 1.29 is 14.4 Å². The molecule has 1 aromatic heterocycles. The minimum atomic E-state index is -0.292. The summed E-state index contributed by atoms with van der Waals surface area (Å²) in [6.45, 7) is 1.69. The lowest BCUT2D eigenvalue weighted by atomic mass is 10.1. The Bertz CT molecular complexity index is 665. The van der Waals surface area contributed by atoms with E-state index in [9.17, 15) is 4.79 Å². The van der Waals surface area contributed by atoms with Gasteiger partial charge in [-0.1, -0.05) is 29.1 Å². The number of aryl methyl sites for hydroxylation is 1. The maximum Gasteiger partial charge on any atom is 0.260 e. The van der Waals surface area contributed by atoms with Crippen molar-refractivity contribution in [2.75, 3.05) is 11.9 Å². The average molecular weight is 270 g/mol. The molecule has 0 radical (unpaired) electrons. The van der Waals surface area contributed by atoms with Crippen LogP contribution in [0.1, 0.15) is 28.1 Å². The van der Waals surface area contributed by atoms with Crippen LogP contribution in [0.15, 0.2) is 35.0 Å². The number of hydrogen-bond donors (Lipinski definition) is 2. The standard InChI is InChI=1S/C15H14N2O3/c1-11-13(10-16-20-11)15(19)17-14-8-3-2-6-12(14)7-4-5-9-18/h2-3,6,8,10,18H,5,9H2,1H3,(H,17,19). The first-order chi connectivity index (χ1) is 9.72. The summed E-state index contributed by atoms with van der Waals surface area (Å²) in [6, 6.07) is 7.22. The summed E-state index contributed by atoms with van der Waals surface area (Å²) in [5, 5.41) is 15.1. The zero-order chi connectivity index (χ0) is 14.4. The molecule has 0 aliphatic heterocycles. The lowest BCUT2D eigenvalue weighted by Crippen LogP contribution is -2.13. The number of nitrogens with zero attached hydrogens (tertiary/aromatic N) is 1. The number of benzene rings is 1. The lowest BCUT2D eigenvalue weighted by Gasteiger charge is -2.06. The molecule has 102 valence electrons. The Morgan fingerprint density at radius 1 is 1.45 bits per heavy atom. The van der Waals surface area contributed by atoms with Crippen molar-refractivity contribution in [3.63, 3.8) is 0 Å². The molecule has 0 fully saturated rings. The highest BCUT2D eigenvalue weighted by molar-refractivity contribution is 6.05. The predicted molar refractivity (Wildman–Crippen MR) is 74.2 cm³/mol. The molecule has 0 atom stereocenters. The van der Waals surface area contributed by atoms with E-state index in [4.69, 9.17) is 9.63 Å². The number of rotatable bonds is 3. The molecule has 2 N–H and O–H groups in total. The van der Waals surface area contributed by atoms with Crippen LogP contribution in [-0.2, 0) is 0 Å². The molecule has 1 amide bonds. The van der Waals surface area contributed by atoms with E-state index >= 15 is 0 Å². The Hall–Kier alpha value is -2.58. The zero-order valence-electron chi connectivity index (χ0n) is 11.0. The Balaban J connectivity index is 2.20. The number of amides is 1. The van der Waals surface area contributed by atoms with Crippen LogP contribution < -0.4 is 5.32 Å². The van der Waals surface area contributed by atoms with E-state index < -0.39 is 0 Å². The summed E-state index contributed by atoms with van der Waals surface area (Å²) in [7, 11) is 0. The number of para-hydroxylation sites is 1. The topological polar surface area (TPSA) is 75.4 Å². The fourth-order valence-corrected chi connectivity index (χ4v) is 1.62. The second-order valence-corrected chi connectivity index (χ2v) is 4.07. The third-order valence-electron chi connectivity index (χ3n) is 2.63. The van der Waals surface area contributed by atoms with Crippen molar-refractivity contribution in [3.05, 3.63) is 47.3 Å². The molecular weight excluding hydrogens is 256 g/mol. The number of anilines is 1. The van der Waals surface area contributed by atoms with Crippen molar-refractivity contribution in [1.29, 1.82) is 0 Å². The van der Waals surface area contributed by atoms with Gasteiger partial charge in [0, 0.05) is 12.0 Å². The van der Waals surface area contributed by atoms with Gasteiger partial charge in [0.25, 0.3) is 5.91 Å². The molecule has 20 heavy (non-hydrogen) atoms. The molecule has 0 aliphatic carbocycles. The van der Waals surface area contributed by atoms with Crippen LogP contribution in [0.3, 0.4) is 0 Å². The number of aromatic nitrogens is 1. The fourth-order valence-electron chi connectivity index (χ4n) is 1.62. The van der Waals surface area contributed by atoms with Gasteiger partial charge < -0.3 is 14.9 Å². The third kappa shape index (κ3) is 3.25. The van der Waals surface area contributed by atoms with Gasteiger partial charge in [0.1, 0.15) is 11.3 Å². The van der Waals surface area contributed by atoms with Gasteiger partial charge in [-0.15, -0.1) is 0 Å². The molecule has 1 aromatic carbocycles. The zero-order valence-corrected chi connectivity index (χ0v) is 11.0. The molecule has 5 nitrogen and oxygen atoms in total. The molecule has 2 rings (SSSR count). The van der Waals surface area contributed by atoms with Crippen molar-refractivity contribution in [1.82, 2.24) is 5.16 Å². The van der Waals surface area contributed by atoms with Gasteiger partial charge in [-0.25, -0.2) is 0 Å². The molecule has 1 heterocycles. The molecule has 0 bridgehead atoms. The minimum absolute atomic E-state index is 0.0153. The number of carbonyl (C=O) groups excluding carboxylic acids is 1. The van der Waals surface area contributed by atoms with E-state index in [2.05, 4.69) is 22.3 Å². The Morgan fingerprint density at radius 2 is 2.25 bits per heavy atom. The Morgan fingerprint density at radius 3 is 2.95 bits per heavy atom. The quantitative estimate of drug-likeness (QED) is 0.836. The Kier molecular flexibility index (Phi) is 4.53. The SMILES string of the molecule is Cc1oncc1C(=O)Nc1ccccc1C#CCCO. The fraction of sp³-hybridized carbons (Fsp3) is 0.200. The van der Waals surface area contributed by atoms with Crippen molar-refractivity contribution in [2.45, 2.75) is 13.3 Å². The number of aliphatic hydroxyl groups excluding tert-OH is 1. The van der Waals surface area contributed by atoms with E-state index in [0.717, 1.165) is 0 Å². The summed E-state index contributed by atoms with van der Waals surface area (Å²) in [5.41, 5.74) is 1.70. The van der Waals surface area contributed by atoms with E-state index in [1.807, 2.05) is 12.1 Å². The van der Waals surface area contributed by atoms with Crippen LogP contribution in [0.2, 0.25) is 0 Å². The monoisotopic (exact) mass is 270 g/mol. The summed E-state index contributed by atoms with van der Waals surface area (Å²) in [5.74, 6) is 5.92. The molecule has 2 aromatic rings. The summed E-state index contributed by atoms with van der Waals surface area (Å²) >= 11 is 0. The first-order valence-electron chi connectivity index (χ1n) is 6.13. The largest absolute Gasteiger partial charge is 0.395 e. The smallest absolute Gasteiger partial charge is 0.260 e. The molecule has 0 spiro atoms. The highest BCUT2D eigenvalue weighted by Crippen LogP contribution is 2.16. The molecular formula is C15H14N2O3. The molecule has 0 saturated carbocycles. The number of nitrogens with one attached hydrogen (secondary N) is 1. The summed E-state index contributed by atoms with van der Waals surface area (Å²) in [4.78, 5) is 12.1. The van der Waals surface area contributed by atoms with Crippen LogP contribution in [0.25, 0.3) is 0 Å². The van der Waals surface area contributed by atoms with Crippen molar-refractivity contribution >= 4 is 11.6 Å². The third-order valence-corrected chi connectivity index (χ3v) is 2.63. The molecule has 0 unspecified atom stereocenters. The summed E-state index contributed by atoms with van der Waals surface area (Å²) in [6.07, 6.45) is 1.78. The molecule has 0 aliphatic rings. The second kappa shape index (κ2) is 6.55. The van der Waals surface area contributed by atoms with Crippen LogP contribution in [-0.4, -0.2) is 22.8 Å². The normalized spacial score (nSPS) is 9.70. The molecule has 0 saturated heterocycles. The number of hydrogen-bond acceptors (Lipinski definition) is 4. The van der Waals surface area contributed by atoms with Gasteiger partial charge in [0.05, 0.1) is 18.5 Å². The van der Waals surface area contributed by atoms with Gasteiger partial charge in [-0.2, -0.15) is 0 Å². The summed E-state index contributed by atoms with van der Waals surface area (Å²) < 4.78 is 4.87. The second-order valence-electron chi connectivity index (χ2n) is 4.07. The predicted octanol–water partition coefficient (Wildman–Crippen LogP) is 1.97. The van der Waals surface area contributed by atoms with Crippen LogP contribution in [0.5, 0.6) is 0 Å². The Labute approximate surface area is 116 Å². The van der Waals surface area contributed by atoms with Crippen molar-refractivity contribution in [2.24, 2.45) is 0 Å². The van der Waals surface area contributed by atoms with Crippen LogP contribution in [0.4, 0.5) is 5.69 Å². The van der Waals surface area contributed by atoms with Gasteiger partial charge in [0.15, 0.2) is 0 Å². The molecule has 5 heteroatoms. The van der Waals surface area contributed by atoms with Crippen LogP contribution >= 0.6 is 0 Å². The highest BCUT2D eigenvalue weighted by Gasteiger charge is 2.13. The van der Waals surface area contributed by atoms with Gasteiger partial charge in [0.2, 0.25) is 0 Å². The van der Waals surface area contributed by atoms with Gasteiger partial charge in [-0.05, 0) is 19.1 Å². The van der Waals surface area contributed by atoms with E-state index in [0.29, 0.717) is 29.0 Å². The van der Waals surface area contributed by atoms with E-state index in [1.54, 1.807) is 19.1 Å². The average Bonchev–Trinajstić information content (AvgIpc) is 2.87.